The van der Waals surface area contributed by atoms with E-state index in [1.54, 1.807) is 0 Å². The largest absolute Gasteiger partial charge is 0.472 e. The van der Waals surface area contributed by atoms with Gasteiger partial charge in [-0.25, -0.2) is 4.57 Å². The van der Waals surface area contributed by atoms with E-state index in [4.69, 9.17) is 23.3 Å². The van der Waals surface area contributed by atoms with Gasteiger partial charge in [0.1, 0.15) is 12.7 Å². The Morgan fingerprint density at radius 1 is 0.354 bits per heavy atom. The fraction of sp³-hybridized carbons (Fsp3) is 0.643. The quantitative estimate of drug-likeness (QED) is 0.0197. The molecule has 0 fully saturated rings. The Balaban J connectivity index is 4.81. The summed E-state index contributed by atoms with van der Waals surface area (Å²) in [6.45, 7) is 4.32. The molecule has 0 rings (SSSR count). The molecule has 3 unspecified atom stereocenters. The molecule has 3 atom stereocenters. The molecule has 0 heterocycles. The van der Waals surface area contributed by atoms with Crippen LogP contribution in [0, 0.1) is 0 Å². The third-order valence-corrected chi connectivity index (χ3v) is 14.0. The van der Waals surface area contributed by atoms with Crippen LogP contribution in [0.4, 0.5) is 0 Å². The van der Waals surface area contributed by atoms with Gasteiger partial charge in [0.2, 0.25) is 0 Å². The molecule has 0 aliphatic heterocycles. The lowest BCUT2D eigenvalue weighted by molar-refractivity contribution is -0.161. The van der Waals surface area contributed by atoms with E-state index in [0.29, 0.717) is 25.7 Å². The Morgan fingerprint density at radius 3 is 1.02 bits per heavy atom. The van der Waals surface area contributed by atoms with E-state index < -0.39 is 57.8 Å². The van der Waals surface area contributed by atoms with Crippen LogP contribution >= 0.6 is 7.82 Å². The molecule has 0 bridgehead atoms. The summed E-state index contributed by atoms with van der Waals surface area (Å²) in [4.78, 5) is 48.8. The van der Waals surface area contributed by atoms with Gasteiger partial charge < -0.3 is 24.2 Å². The van der Waals surface area contributed by atoms with Crippen LogP contribution in [0.15, 0.2) is 134 Å². The second kappa shape index (κ2) is 62.7. The summed E-state index contributed by atoms with van der Waals surface area (Å²) in [5, 5.41) is 9.85. The number of ether oxygens (including phenoxy) is 3. The predicted molar refractivity (Wildman–Crippen MR) is 343 cm³/mol. The van der Waals surface area contributed by atoms with Gasteiger partial charge in [0.05, 0.1) is 19.8 Å². The molecule has 0 radical (unpaired) electrons. The molecule has 12 heteroatoms. The molecule has 0 spiro atoms. The number of hydrogen-bond donors (Lipinski definition) is 2. The Labute approximate surface area is 500 Å². The van der Waals surface area contributed by atoms with Crippen molar-refractivity contribution in [3.63, 3.8) is 0 Å². The molecule has 0 saturated carbocycles. The number of esters is 3. The van der Waals surface area contributed by atoms with Crippen molar-refractivity contribution in [1.29, 1.82) is 0 Å². The summed E-state index contributed by atoms with van der Waals surface area (Å²) < 4.78 is 39.6. The molecule has 466 valence electrons. The lowest BCUT2D eigenvalue weighted by atomic mass is 10.1. The molecule has 0 aliphatic rings. The topological polar surface area (TPSA) is 155 Å². The number of phosphoric acid groups is 1. The summed E-state index contributed by atoms with van der Waals surface area (Å²) in [6, 6.07) is 0. The minimum absolute atomic E-state index is 0.0912. The highest BCUT2D eigenvalue weighted by Crippen LogP contribution is 2.43. The Morgan fingerprint density at radius 2 is 0.646 bits per heavy atom. The zero-order valence-electron chi connectivity index (χ0n) is 51.7. The van der Waals surface area contributed by atoms with Crippen molar-refractivity contribution < 1.29 is 52.2 Å². The predicted octanol–water partition coefficient (Wildman–Crippen LogP) is 19.7. The number of aliphatic hydroxyl groups is 1. The number of phosphoric ester groups is 1. The van der Waals surface area contributed by atoms with Crippen LogP contribution in [0.2, 0.25) is 0 Å². The lowest BCUT2D eigenvalue weighted by Gasteiger charge is -2.21. The van der Waals surface area contributed by atoms with E-state index in [2.05, 4.69) is 142 Å². The fourth-order valence-corrected chi connectivity index (χ4v) is 9.02. The van der Waals surface area contributed by atoms with Gasteiger partial charge in [0, 0.05) is 19.3 Å². The molecule has 0 amide bonds. The Bertz CT molecular complexity index is 1890. The lowest BCUT2D eigenvalue weighted by Crippen LogP contribution is -2.30. The maximum Gasteiger partial charge on any atom is 0.472 e. The third kappa shape index (κ3) is 60.2. The van der Waals surface area contributed by atoms with Gasteiger partial charge in [0.15, 0.2) is 6.10 Å². The molecule has 0 saturated heterocycles. The van der Waals surface area contributed by atoms with Gasteiger partial charge in [-0.1, -0.05) is 238 Å². The van der Waals surface area contributed by atoms with Crippen molar-refractivity contribution >= 4 is 25.7 Å². The van der Waals surface area contributed by atoms with Crippen molar-refractivity contribution in [2.75, 3.05) is 26.4 Å². The summed E-state index contributed by atoms with van der Waals surface area (Å²) in [5.74, 6) is -1.55. The molecule has 82 heavy (non-hydrogen) atoms. The van der Waals surface area contributed by atoms with Gasteiger partial charge in [-0.3, -0.25) is 23.4 Å². The summed E-state index contributed by atoms with van der Waals surface area (Å²) in [6.07, 6.45) is 79.8. The number of allylic oxidation sites excluding steroid dienone is 22. The highest BCUT2D eigenvalue weighted by molar-refractivity contribution is 7.47. The number of unbranched alkanes of at least 4 members (excludes halogenated alkanes) is 19. The van der Waals surface area contributed by atoms with Crippen molar-refractivity contribution in [2.45, 2.75) is 264 Å². The normalized spacial score (nSPS) is 14.2. The van der Waals surface area contributed by atoms with Crippen molar-refractivity contribution in [2.24, 2.45) is 0 Å². The van der Waals surface area contributed by atoms with Crippen LogP contribution in [-0.4, -0.2) is 66.5 Å². The first-order valence-electron chi connectivity index (χ1n) is 32.1. The van der Waals surface area contributed by atoms with Crippen LogP contribution < -0.4 is 0 Å². The Kier molecular flexibility index (Phi) is 59.3. The molecule has 2 N–H and O–H groups in total. The first kappa shape index (κ1) is 77.6. The number of carbonyl (C=O) groups excluding carboxylic acids is 3. The number of hydrogen-bond acceptors (Lipinski definition) is 10. The van der Waals surface area contributed by atoms with Gasteiger partial charge in [-0.2, -0.15) is 0 Å². The monoisotopic (exact) mass is 1160 g/mol. The average Bonchev–Trinajstić information content (AvgIpc) is 3.49. The first-order valence-corrected chi connectivity index (χ1v) is 33.6. The fourth-order valence-electron chi connectivity index (χ4n) is 8.24. The molecule has 0 aromatic heterocycles. The van der Waals surface area contributed by atoms with Crippen molar-refractivity contribution in [1.82, 2.24) is 0 Å². The zero-order valence-corrected chi connectivity index (χ0v) is 52.6. The second-order valence-corrected chi connectivity index (χ2v) is 22.3. The number of carbonyl (C=O) groups is 3. The van der Waals surface area contributed by atoms with E-state index in [9.17, 15) is 28.9 Å². The highest BCUT2D eigenvalue weighted by Gasteiger charge is 2.28. The van der Waals surface area contributed by atoms with Gasteiger partial charge in [-0.15, -0.1) is 0 Å². The maximum atomic E-state index is 13.0. The van der Waals surface area contributed by atoms with E-state index >= 15 is 0 Å². The van der Waals surface area contributed by atoms with Crippen LogP contribution in [0.25, 0.3) is 0 Å². The van der Waals surface area contributed by atoms with Crippen molar-refractivity contribution in [3.8, 4) is 0 Å². The SMILES string of the molecule is CC/C=C\C/C=C\C/C=C\C/C=C\C/C=C\CCCC(=O)OC(CO)COP(=O)(O)OCC(COC(=O)CCCCCCCCCCC/C=C\C/C=C\CCCCC)OC(=O)CCCCCCCC/C=C\C/C=C\C/C=C\C/C=C\CC. The van der Waals surface area contributed by atoms with E-state index in [1.807, 2.05) is 12.2 Å². The molecule has 0 aromatic carbocycles. The van der Waals surface area contributed by atoms with Gasteiger partial charge in [0.25, 0.3) is 0 Å². The van der Waals surface area contributed by atoms with E-state index in [-0.39, 0.29) is 25.9 Å². The van der Waals surface area contributed by atoms with Gasteiger partial charge >= 0.3 is 25.7 Å². The number of rotatable bonds is 58. The molecule has 11 nitrogen and oxygen atoms in total. The summed E-state index contributed by atoms with van der Waals surface area (Å²) >= 11 is 0. The third-order valence-electron chi connectivity index (χ3n) is 13.0. The molecular formula is C70H115O11P. The minimum atomic E-state index is -4.78. The second-order valence-electron chi connectivity index (χ2n) is 20.8. The maximum absolute atomic E-state index is 13.0. The van der Waals surface area contributed by atoms with Crippen molar-refractivity contribution in [3.05, 3.63) is 134 Å². The standard InChI is InChI=1S/C70H115O11P/c1-4-7-10-13-16-19-22-25-28-31-33-36-38-41-44-47-50-53-56-59-68(72)77-63-67(81-70(74)61-58-55-52-49-46-43-40-37-34-32-29-26-23-20-17-14-11-8-5-2)65-79-82(75,76)78-64-66(62-71)80-69(73)60-57-54-51-48-45-42-39-35-30-27-24-21-18-15-12-9-6-3/h8-9,11-12,16-21,25-30,34,37,39,42,48,51,66-67,71H,4-7,10,13-15,22-24,31-33,35-36,38,40-41,43-47,49-50,52-65H2,1-3H3,(H,75,76)/b11-8-,12-9-,19-16-,20-17-,21-18-,28-25-,29-26-,30-27-,37-34-,42-39-,51-48-. The van der Waals surface area contributed by atoms with Crippen LogP contribution in [0.1, 0.15) is 252 Å². The summed E-state index contributed by atoms with van der Waals surface area (Å²) in [7, 11) is -4.78. The molecule has 0 aliphatic carbocycles. The van der Waals surface area contributed by atoms with Crippen LogP contribution in [-0.2, 0) is 42.2 Å². The van der Waals surface area contributed by atoms with Crippen LogP contribution in [0.5, 0.6) is 0 Å². The zero-order chi connectivity index (χ0) is 59.8. The molecule has 0 aromatic rings. The summed E-state index contributed by atoms with van der Waals surface area (Å²) in [5.41, 5.74) is 0. The first-order chi connectivity index (χ1) is 40.2. The van der Waals surface area contributed by atoms with E-state index in [0.717, 1.165) is 128 Å². The van der Waals surface area contributed by atoms with Crippen LogP contribution in [0.3, 0.4) is 0 Å². The smallest absolute Gasteiger partial charge is 0.462 e. The number of aliphatic hydroxyl groups excluding tert-OH is 1. The van der Waals surface area contributed by atoms with Gasteiger partial charge in [-0.05, 0) is 128 Å². The minimum Gasteiger partial charge on any atom is -0.462 e. The highest BCUT2D eigenvalue weighted by atomic mass is 31.2. The molecular weight excluding hydrogens is 1050 g/mol. The Hall–Kier alpha value is -4.38. The van der Waals surface area contributed by atoms with E-state index in [1.165, 1.54) is 57.8 Å². The average molecular weight is 1160 g/mol.